The molecule has 0 radical (unpaired) electrons. The first-order valence-electron chi connectivity index (χ1n) is 23.1. The fourth-order valence-electron chi connectivity index (χ4n) is 8.44. The van der Waals surface area contributed by atoms with Gasteiger partial charge in [-0.25, -0.2) is 0 Å². The van der Waals surface area contributed by atoms with Crippen LogP contribution in [0.1, 0.15) is 52.6 Å². The van der Waals surface area contributed by atoms with E-state index in [2.05, 4.69) is 41.7 Å². The number of hydrogen-bond donors (Lipinski definition) is 6. The molecular weight excluding hydrogens is 937 g/mol. The van der Waals surface area contributed by atoms with Gasteiger partial charge in [-0.1, -0.05) is 97.1 Å². The van der Waals surface area contributed by atoms with Crippen LogP contribution in [0.25, 0.3) is 21.5 Å². The maximum absolute atomic E-state index is 14.2. The number of carbonyl (C=O) groups is 4. The summed E-state index contributed by atoms with van der Waals surface area (Å²) >= 11 is 0. The number of phenolic OH excluding ortho intramolecular Hbond substituents is 2. The molecule has 6 N–H and O–H groups in total. The molecule has 0 fully saturated rings. The van der Waals surface area contributed by atoms with E-state index in [9.17, 15) is 29.4 Å². The van der Waals surface area contributed by atoms with Crippen molar-refractivity contribution < 1.29 is 38.9 Å². The molecule has 366 valence electrons. The van der Waals surface area contributed by atoms with Gasteiger partial charge in [0.05, 0.1) is 36.5 Å². The summed E-state index contributed by atoms with van der Waals surface area (Å²) in [4.78, 5) is 54.8. The number of benzene rings is 9. The predicted molar refractivity (Wildman–Crippen MR) is 286 cm³/mol. The van der Waals surface area contributed by atoms with Crippen LogP contribution in [-0.4, -0.2) is 48.1 Å². The summed E-state index contributed by atoms with van der Waals surface area (Å²) in [5, 5.41) is 54.7. The molecule has 16 heteroatoms. The van der Waals surface area contributed by atoms with Crippen LogP contribution in [0.15, 0.2) is 190 Å². The quantitative estimate of drug-likeness (QED) is 0.0573. The van der Waals surface area contributed by atoms with Crippen molar-refractivity contribution in [3.8, 4) is 23.0 Å². The second kappa shape index (κ2) is 21.4. The number of amides is 4. The molecule has 0 aliphatic heterocycles. The van der Waals surface area contributed by atoms with Crippen LogP contribution in [0.2, 0.25) is 0 Å². The summed E-state index contributed by atoms with van der Waals surface area (Å²) in [5.74, 6) is -2.72. The average Bonchev–Trinajstić information content (AvgIpc) is 3.41. The van der Waals surface area contributed by atoms with Crippen LogP contribution >= 0.6 is 0 Å². The van der Waals surface area contributed by atoms with Crippen molar-refractivity contribution in [2.75, 3.05) is 35.5 Å². The molecule has 0 aliphatic carbocycles. The SMILES string of the molecule is COc1c(N=Nc2c(O)c(C(=O)Nc3cc(C)c(NC(=O)c4cc5ccccc5c(N=Nc5cccc(C(=O)Nc6ccccc6)c5OC)c4O)c(C)c3)cc3ccccc23)cccc1C(=O)Nc1ccccc1. The Balaban J connectivity index is 0.960. The Bertz CT molecular complexity index is 3710. The van der Waals surface area contributed by atoms with E-state index < -0.39 is 35.1 Å². The van der Waals surface area contributed by atoms with E-state index in [0.717, 1.165) is 0 Å². The molecule has 0 bridgehead atoms. The van der Waals surface area contributed by atoms with Gasteiger partial charge in [0.2, 0.25) is 0 Å². The molecular formula is C58H46N8O8. The van der Waals surface area contributed by atoms with E-state index >= 15 is 0 Å². The fraction of sp³-hybridized carbons (Fsp3) is 0.0690. The first kappa shape index (κ1) is 48.8. The minimum atomic E-state index is -0.653. The van der Waals surface area contributed by atoms with Gasteiger partial charge in [0.15, 0.2) is 23.0 Å². The second-order valence-electron chi connectivity index (χ2n) is 16.8. The highest BCUT2D eigenvalue weighted by Gasteiger charge is 2.24. The maximum atomic E-state index is 14.2. The Kier molecular flexibility index (Phi) is 14.1. The highest BCUT2D eigenvalue weighted by Crippen LogP contribution is 2.43. The first-order valence-corrected chi connectivity index (χ1v) is 23.1. The summed E-state index contributed by atoms with van der Waals surface area (Å²) in [6.07, 6.45) is 0. The van der Waals surface area contributed by atoms with E-state index in [1.54, 1.807) is 172 Å². The van der Waals surface area contributed by atoms with Crippen molar-refractivity contribution in [1.82, 2.24) is 0 Å². The molecule has 0 heterocycles. The highest BCUT2D eigenvalue weighted by molar-refractivity contribution is 6.14. The zero-order chi connectivity index (χ0) is 51.9. The molecule has 0 saturated carbocycles. The molecule has 0 atom stereocenters. The zero-order valence-corrected chi connectivity index (χ0v) is 40.3. The standard InChI is InChI=1S/C58H46N8O8/c1-33-29-39(61-57(71)44-31-35-17-11-13-23-40(35)49(51(44)67)65-63-46-27-15-25-42(53(46)73-3)55(69)59-37-19-7-5-8-20-37)30-34(2)48(33)62-58(72)45-32-36-18-12-14-24-41(36)50(52(45)68)66-64-47-28-16-26-43(54(47)74-4)56(70)60-38-21-9-6-10-22-38/h5-32,67-68H,1-4H3,(H,59,69)(H,60,70)(H,61,71)(H,62,72). The molecule has 0 saturated heterocycles. The number of hydrogen-bond acceptors (Lipinski definition) is 12. The summed E-state index contributed by atoms with van der Waals surface area (Å²) < 4.78 is 11.2. The normalized spacial score (nSPS) is 11.2. The molecule has 0 spiro atoms. The Morgan fingerprint density at radius 3 is 1.22 bits per heavy atom. The molecule has 9 aromatic rings. The zero-order valence-electron chi connectivity index (χ0n) is 40.3. The number of carbonyl (C=O) groups excluding carboxylic acids is 4. The van der Waals surface area contributed by atoms with Gasteiger partial charge in [0, 0.05) is 33.5 Å². The van der Waals surface area contributed by atoms with E-state index in [1.165, 1.54) is 14.2 Å². The summed E-state index contributed by atoms with van der Waals surface area (Å²) in [6.45, 7) is 3.50. The number of para-hydroxylation sites is 4. The number of aryl methyl sites for hydroxylation is 2. The Morgan fingerprint density at radius 1 is 0.405 bits per heavy atom. The van der Waals surface area contributed by atoms with Gasteiger partial charge in [-0.15, -0.1) is 20.5 Å². The van der Waals surface area contributed by atoms with Gasteiger partial charge in [0.1, 0.15) is 22.7 Å². The van der Waals surface area contributed by atoms with Crippen LogP contribution in [-0.2, 0) is 0 Å². The Morgan fingerprint density at radius 2 is 0.784 bits per heavy atom. The Hall–Kier alpha value is -10.2. The van der Waals surface area contributed by atoms with Crippen LogP contribution in [0.5, 0.6) is 23.0 Å². The lowest BCUT2D eigenvalue weighted by atomic mass is 10.0. The van der Waals surface area contributed by atoms with E-state index in [4.69, 9.17) is 9.47 Å². The van der Waals surface area contributed by atoms with Crippen LogP contribution in [0, 0.1) is 13.8 Å². The molecule has 9 aromatic carbocycles. The summed E-state index contributed by atoms with van der Waals surface area (Å²) in [6, 6.07) is 48.2. The fourth-order valence-corrected chi connectivity index (χ4v) is 8.44. The van der Waals surface area contributed by atoms with Gasteiger partial charge >= 0.3 is 0 Å². The number of fused-ring (bicyclic) bond motifs is 2. The molecule has 74 heavy (non-hydrogen) atoms. The van der Waals surface area contributed by atoms with Crippen molar-refractivity contribution >= 4 is 90.7 Å². The number of methoxy groups -OCH3 is 2. The van der Waals surface area contributed by atoms with Crippen molar-refractivity contribution in [2.24, 2.45) is 20.5 Å². The van der Waals surface area contributed by atoms with E-state index in [1.807, 2.05) is 12.1 Å². The number of nitrogens with zero attached hydrogens (tertiary/aromatic N) is 4. The molecule has 0 aliphatic rings. The second-order valence-corrected chi connectivity index (χ2v) is 16.8. The summed E-state index contributed by atoms with van der Waals surface area (Å²) in [5.41, 5.74) is 3.79. The van der Waals surface area contributed by atoms with Crippen LogP contribution < -0.4 is 30.7 Å². The van der Waals surface area contributed by atoms with Gasteiger partial charge in [0.25, 0.3) is 23.6 Å². The molecule has 4 amide bonds. The van der Waals surface area contributed by atoms with Crippen LogP contribution in [0.4, 0.5) is 45.5 Å². The highest BCUT2D eigenvalue weighted by atomic mass is 16.5. The largest absolute Gasteiger partial charge is 0.505 e. The third kappa shape index (κ3) is 10.2. The van der Waals surface area contributed by atoms with Gasteiger partial charge in [-0.3, -0.25) is 19.2 Å². The van der Waals surface area contributed by atoms with Gasteiger partial charge < -0.3 is 41.0 Å². The van der Waals surface area contributed by atoms with Gasteiger partial charge in [-0.05, 0) is 109 Å². The monoisotopic (exact) mass is 982 g/mol. The third-order valence-electron chi connectivity index (χ3n) is 12.0. The molecule has 0 unspecified atom stereocenters. The minimum Gasteiger partial charge on any atom is -0.505 e. The third-order valence-corrected chi connectivity index (χ3v) is 12.0. The lowest BCUT2D eigenvalue weighted by molar-refractivity contribution is 0.101. The smallest absolute Gasteiger partial charge is 0.259 e. The number of phenols is 2. The Labute approximate surface area is 424 Å². The van der Waals surface area contributed by atoms with Crippen molar-refractivity contribution in [3.63, 3.8) is 0 Å². The topological polar surface area (TPSA) is 225 Å². The average molecular weight is 983 g/mol. The number of ether oxygens (including phenoxy) is 2. The molecule has 9 rings (SSSR count). The first-order chi connectivity index (χ1) is 35.9. The molecule has 16 nitrogen and oxygen atoms in total. The number of anilines is 4. The number of rotatable bonds is 14. The number of aromatic hydroxyl groups is 2. The van der Waals surface area contributed by atoms with Crippen LogP contribution in [0.3, 0.4) is 0 Å². The van der Waals surface area contributed by atoms with E-state index in [0.29, 0.717) is 55.4 Å². The van der Waals surface area contributed by atoms with E-state index in [-0.39, 0.29) is 56.5 Å². The molecule has 0 aromatic heterocycles. The van der Waals surface area contributed by atoms with Crippen molar-refractivity contribution in [3.05, 3.63) is 203 Å². The van der Waals surface area contributed by atoms with Gasteiger partial charge in [-0.2, -0.15) is 0 Å². The summed E-state index contributed by atoms with van der Waals surface area (Å²) in [7, 11) is 2.82. The lowest BCUT2D eigenvalue weighted by Gasteiger charge is -2.16. The number of azo groups is 2. The lowest BCUT2D eigenvalue weighted by Crippen LogP contribution is -2.16. The number of nitrogens with one attached hydrogen (secondary N) is 4. The maximum Gasteiger partial charge on any atom is 0.259 e. The predicted octanol–water partition coefficient (Wildman–Crippen LogP) is 13.9. The van der Waals surface area contributed by atoms with Crippen molar-refractivity contribution in [1.29, 1.82) is 0 Å². The minimum absolute atomic E-state index is 0.0129. The van der Waals surface area contributed by atoms with Crippen molar-refractivity contribution in [2.45, 2.75) is 13.8 Å².